The molecule has 2 N–H and O–H groups in total. The average Bonchev–Trinajstić information content (AvgIpc) is 2.57. The lowest BCUT2D eigenvalue weighted by Gasteiger charge is -2.30. The molecule has 0 amide bonds. The van der Waals surface area contributed by atoms with E-state index < -0.39 is 0 Å². The molecule has 3 atom stereocenters. The lowest BCUT2D eigenvalue weighted by atomic mass is 9.96. The zero-order chi connectivity index (χ0) is 8.18. The first-order chi connectivity index (χ1) is 5.80. The molecular weight excluding hydrogens is 148 g/mol. The van der Waals surface area contributed by atoms with Crippen molar-refractivity contribution in [2.75, 3.05) is 6.54 Å². The molecule has 68 valence electrons. The number of hydrogen-bond donors (Lipinski definition) is 1. The maximum absolute atomic E-state index is 6.38. The summed E-state index contributed by atoms with van der Waals surface area (Å²) in [7, 11) is 0. The number of nitrogens with two attached hydrogens (primary N) is 1. The zero-order valence-corrected chi connectivity index (χ0v) is 7.63. The first-order valence-electron chi connectivity index (χ1n) is 5.35. The predicted molar refractivity (Wildman–Crippen MR) is 48.6 cm³/mol. The van der Waals surface area contributed by atoms with Crippen molar-refractivity contribution >= 4 is 0 Å². The van der Waals surface area contributed by atoms with Crippen LogP contribution in [0.2, 0.25) is 0 Å². The Morgan fingerprint density at radius 3 is 3.08 bits per heavy atom. The summed E-state index contributed by atoms with van der Waals surface area (Å²) in [6.07, 6.45) is 8.18. The Bertz CT molecular complexity index is 204. The standard InChI is InChI=1S/C10H18N2/c11-10-5-2-6-12(10)9-4-1-3-8(9)7-10/h8-9H,1-7,11H2. The van der Waals surface area contributed by atoms with E-state index in [9.17, 15) is 0 Å². The fraction of sp³-hybridized carbons (Fsp3) is 1.00. The molecule has 3 aliphatic rings. The molecule has 12 heavy (non-hydrogen) atoms. The summed E-state index contributed by atoms with van der Waals surface area (Å²) in [5.41, 5.74) is 6.52. The van der Waals surface area contributed by atoms with Gasteiger partial charge in [0.25, 0.3) is 0 Å². The van der Waals surface area contributed by atoms with E-state index in [1.165, 1.54) is 45.1 Å². The van der Waals surface area contributed by atoms with Gasteiger partial charge < -0.3 is 5.73 Å². The van der Waals surface area contributed by atoms with Crippen molar-refractivity contribution in [3.8, 4) is 0 Å². The van der Waals surface area contributed by atoms with E-state index in [1.54, 1.807) is 0 Å². The summed E-state index contributed by atoms with van der Waals surface area (Å²) in [5.74, 6) is 0.954. The zero-order valence-electron chi connectivity index (χ0n) is 7.63. The fourth-order valence-corrected chi connectivity index (χ4v) is 3.76. The maximum atomic E-state index is 6.38. The molecule has 0 aromatic heterocycles. The van der Waals surface area contributed by atoms with Gasteiger partial charge in [0, 0.05) is 12.6 Å². The summed E-state index contributed by atoms with van der Waals surface area (Å²) in [6.45, 7) is 1.28. The number of hydrogen-bond acceptors (Lipinski definition) is 2. The van der Waals surface area contributed by atoms with Crippen LogP contribution in [0.5, 0.6) is 0 Å². The van der Waals surface area contributed by atoms with Gasteiger partial charge in [-0.1, -0.05) is 6.42 Å². The summed E-state index contributed by atoms with van der Waals surface area (Å²) in [5, 5.41) is 0. The van der Waals surface area contributed by atoms with Gasteiger partial charge in [0.15, 0.2) is 0 Å². The lowest BCUT2D eigenvalue weighted by molar-refractivity contribution is 0.153. The van der Waals surface area contributed by atoms with E-state index in [0.29, 0.717) is 0 Å². The first-order valence-corrected chi connectivity index (χ1v) is 5.35. The van der Waals surface area contributed by atoms with Crippen molar-refractivity contribution in [1.82, 2.24) is 4.90 Å². The molecule has 2 aliphatic heterocycles. The lowest BCUT2D eigenvalue weighted by Crippen LogP contribution is -2.49. The average molecular weight is 166 g/mol. The minimum absolute atomic E-state index is 0.135. The van der Waals surface area contributed by atoms with Crippen LogP contribution in [0.1, 0.15) is 38.5 Å². The van der Waals surface area contributed by atoms with Gasteiger partial charge in [-0.15, -0.1) is 0 Å². The van der Waals surface area contributed by atoms with Crippen LogP contribution in [0.4, 0.5) is 0 Å². The van der Waals surface area contributed by atoms with Crippen LogP contribution in [-0.2, 0) is 0 Å². The van der Waals surface area contributed by atoms with Gasteiger partial charge in [-0.25, -0.2) is 0 Å². The van der Waals surface area contributed by atoms with Crippen molar-refractivity contribution in [1.29, 1.82) is 0 Å². The molecule has 1 saturated carbocycles. The predicted octanol–water partition coefficient (Wildman–Crippen LogP) is 1.31. The number of nitrogens with zero attached hydrogens (tertiary/aromatic N) is 1. The van der Waals surface area contributed by atoms with Crippen molar-refractivity contribution in [2.45, 2.75) is 50.2 Å². The molecule has 1 aliphatic carbocycles. The van der Waals surface area contributed by atoms with E-state index in [1.807, 2.05) is 0 Å². The maximum Gasteiger partial charge on any atom is 0.0693 e. The summed E-state index contributed by atoms with van der Waals surface area (Å²) < 4.78 is 0. The highest BCUT2D eigenvalue weighted by atomic mass is 15.3. The van der Waals surface area contributed by atoms with E-state index >= 15 is 0 Å². The summed E-state index contributed by atoms with van der Waals surface area (Å²) in [6, 6.07) is 0.873. The van der Waals surface area contributed by atoms with Gasteiger partial charge in [0.1, 0.15) is 0 Å². The molecule has 0 bridgehead atoms. The Labute approximate surface area is 74.1 Å². The van der Waals surface area contributed by atoms with Crippen molar-refractivity contribution < 1.29 is 0 Å². The van der Waals surface area contributed by atoms with Crippen LogP contribution in [-0.4, -0.2) is 23.1 Å². The van der Waals surface area contributed by atoms with E-state index in [4.69, 9.17) is 5.73 Å². The third kappa shape index (κ3) is 0.775. The van der Waals surface area contributed by atoms with Crippen LogP contribution >= 0.6 is 0 Å². The molecule has 2 saturated heterocycles. The van der Waals surface area contributed by atoms with Crippen molar-refractivity contribution in [3.63, 3.8) is 0 Å². The second-order valence-electron chi connectivity index (χ2n) is 4.86. The largest absolute Gasteiger partial charge is 0.313 e. The van der Waals surface area contributed by atoms with Crippen LogP contribution in [0.3, 0.4) is 0 Å². The highest BCUT2D eigenvalue weighted by molar-refractivity contribution is 5.06. The third-order valence-corrected chi connectivity index (χ3v) is 4.22. The monoisotopic (exact) mass is 166 g/mol. The van der Waals surface area contributed by atoms with E-state index in [-0.39, 0.29) is 5.66 Å². The van der Waals surface area contributed by atoms with Gasteiger partial charge in [-0.3, -0.25) is 4.90 Å². The molecule has 3 unspecified atom stereocenters. The van der Waals surface area contributed by atoms with Gasteiger partial charge in [0.05, 0.1) is 5.66 Å². The first kappa shape index (κ1) is 7.34. The van der Waals surface area contributed by atoms with E-state index in [2.05, 4.69) is 4.90 Å². The molecule has 3 rings (SSSR count). The van der Waals surface area contributed by atoms with Crippen LogP contribution in [0.15, 0.2) is 0 Å². The Kier molecular flexibility index (Phi) is 1.37. The molecule has 0 aromatic carbocycles. The Hall–Kier alpha value is -0.0800. The van der Waals surface area contributed by atoms with Gasteiger partial charge in [-0.05, 0) is 38.0 Å². The molecule has 2 heterocycles. The molecule has 0 spiro atoms. The van der Waals surface area contributed by atoms with Crippen LogP contribution < -0.4 is 5.73 Å². The van der Waals surface area contributed by atoms with Crippen molar-refractivity contribution in [3.05, 3.63) is 0 Å². The molecular formula is C10H18N2. The van der Waals surface area contributed by atoms with Crippen LogP contribution in [0.25, 0.3) is 0 Å². The highest BCUT2D eigenvalue weighted by Gasteiger charge is 2.52. The highest BCUT2D eigenvalue weighted by Crippen LogP contribution is 2.48. The smallest absolute Gasteiger partial charge is 0.0693 e. The SMILES string of the molecule is NC12CCCN1C1CCCC1C2. The second kappa shape index (κ2) is 2.24. The Balaban J connectivity index is 1.90. The fourth-order valence-electron chi connectivity index (χ4n) is 3.76. The molecule has 2 heteroatoms. The van der Waals surface area contributed by atoms with Crippen LogP contribution in [0, 0.1) is 5.92 Å². The molecule has 0 radical (unpaired) electrons. The summed E-state index contributed by atoms with van der Waals surface area (Å²) in [4.78, 5) is 2.62. The number of fused-ring (bicyclic) bond motifs is 3. The molecule has 0 aromatic rings. The van der Waals surface area contributed by atoms with Gasteiger partial charge in [-0.2, -0.15) is 0 Å². The van der Waals surface area contributed by atoms with Gasteiger partial charge >= 0.3 is 0 Å². The minimum Gasteiger partial charge on any atom is -0.313 e. The number of rotatable bonds is 0. The minimum atomic E-state index is 0.135. The van der Waals surface area contributed by atoms with Crippen molar-refractivity contribution in [2.24, 2.45) is 11.7 Å². The molecule has 2 nitrogen and oxygen atoms in total. The van der Waals surface area contributed by atoms with Gasteiger partial charge in [0.2, 0.25) is 0 Å². The quantitative estimate of drug-likeness (QED) is 0.588. The third-order valence-electron chi connectivity index (χ3n) is 4.22. The normalized spacial score (nSPS) is 52.8. The second-order valence-corrected chi connectivity index (χ2v) is 4.86. The Morgan fingerprint density at radius 2 is 2.17 bits per heavy atom. The summed E-state index contributed by atoms with van der Waals surface area (Å²) >= 11 is 0. The molecule has 3 fully saturated rings. The van der Waals surface area contributed by atoms with E-state index in [0.717, 1.165) is 12.0 Å². The topological polar surface area (TPSA) is 29.3 Å². The Morgan fingerprint density at radius 1 is 1.25 bits per heavy atom.